The third-order valence-corrected chi connectivity index (χ3v) is 4.33. The molecule has 0 unspecified atom stereocenters. The van der Waals surface area contributed by atoms with E-state index in [1.165, 1.54) is 5.56 Å². The molecular weight excluding hydrogens is 352 g/mol. The number of hydrogen-bond donors (Lipinski definition) is 1. The van der Waals surface area contributed by atoms with Crippen LogP contribution in [0.25, 0.3) is 11.3 Å². The Kier molecular flexibility index (Phi) is 5.29. The van der Waals surface area contributed by atoms with Crippen LogP contribution in [0.4, 0.5) is 5.82 Å². The Labute approximate surface area is 163 Å². The summed E-state index contributed by atoms with van der Waals surface area (Å²) in [5.41, 5.74) is 9.69. The third-order valence-electron chi connectivity index (χ3n) is 4.33. The molecule has 4 rings (SSSR count). The van der Waals surface area contributed by atoms with Gasteiger partial charge in [-0.1, -0.05) is 41.6 Å². The smallest absolute Gasteiger partial charge is 0.213 e. The van der Waals surface area contributed by atoms with Crippen molar-refractivity contribution in [1.82, 2.24) is 15.1 Å². The van der Waals surface area contributed by atoms with Crippen molar-refractivity contribution in [3.63, 3.8) is 0 Å². The summed E-state index contributed by atoms with van der Waals surface area (Å²) in [4.78, 5) is 8.44. The Morgan fingerprint density at radius 2 is 1.82 bits per heavy atom. The predicted molar refractivity (Wildman–Crippen MR) is 107 cm³/mol. The molecule has 0 saturated carbocycles. The van der Waals surface area contributed by atoms with Crippen LogP contribution in [0.5, 0.6) is 5.88 Å². The van der Waals surface area contributed by atoms with Crippen molar-refractivity contribution in [2.24, 2.45) is 0 Å². The molecule has 1 aromatic carbocycles. The molecule has 28 heavy (non-hydrogen) atoms. The van der Waals surface area contributed by atoms with Gasteiger partial charge in [-0.3, -0.25) is 0 Å². The Hall–Kier alpha value is -3.67. The number of nitrogens with zero attached hydrogens (tertiary/aromatic N) is 3. The molecule has 0 fully saturated rings. The average molecular weight is 372 g/mol. The summed E-state index contributed by atoms with van der Waals surface area (Å²) in [5.74, 6) is 1.64. The Bertz CT molecular complexity index is 1030. The fraction of sp³-hybridized carbons (Fsp3) is 0.136. The molecule has 0 amide bonds. The first-order valence-corrected chi connectivity index (χ1v) is 9.06. The summed E-state index contributed by atoms with van der Waals surface area (Å²) in [6.07, 6.45) is 4.90. The molecule has 140 valence electrons. The molecule has 2 N–H and O–H groups in total. The fourth-order valence-corrected chi connectivity index (χ4v) is 2.88. The second-order valence-corrected chi connectivity index (χ2v) is 6.38. The van der Waals surface area contributed by atoms with Gasteiger partial charge < -0.3 is 15.0 Å². The minimum atomic E-state index is 0.420. The van der Waals surface area contributed by atoms with E-state index in [-0.39, 0.29) is 0 Å². The summed E-state index contributed by atoms with van der Waals surface area (Å²) >= 11 is 0. The molecule has 0 bridgehead atoms. The second-order valence-electron chi connectivity index (χ2n) is 6.38. The summed E-state index contributed by atoms with van der Waals surface area (Å²) < 4.78 is 11.1. The number of benzene rings is 1. The van der Waals surface area contributed by atoms with E-state index in [1.54, 1.807) is 12.4 Å². The van der Waals surface area contributed by atoms with Crippen molar-refractivity contribution in [3.05, 3.63) is 89.9 Å². The highest BCUT2D eigenvalue weighted by Crippen LogP contribution is 2.25. The maximum absolute atomic E-state index is 5.89. The zero-order valence-electron chi connectivity index (χ0n) is 15.3. The Morgan fingerprint density at radius 1 is 0.929 bits per heavy atom. The predicted octanol–water partition coefficient (Wildman–Crippen LogP) is 3.93. The molecule has 0 aliphatic carbocycles. The van der Waals surface area contributed by atoms with Crippen LogP contribution in [0.2, 0.25) is 0 Å². The van der Waals surface area contributed by atoms with Gasteiger partial charge in [0.15, 0.2) is 5.76 Å². The van der Waals surface area contributed by atoms with E-state index in [1.807, 2.05) is 48.5 Å². The van der Waals surface area contributed by atoms with Gasteiger partial charge in [-0.2, -0.15) is 0 Å². The van der Waals surface area contributed by atoms with Crippen LogP contribution in [0.3, 0.4) is 0 Å². The number of nitrogens with two attached hydrogens (primary N) is 1. The van der Waals surface area contributed by atoms with Crippen molar-refractivity contribution in [1.29, 1.82) is 0 Å². The molecule has 0 aliphatic rings. The fourth-order valence-electron chi connectivity index (χ4n) is 2.88. The molecule has 3 heterocycles. The van der Waals surface area contributed by atoms with E-state index >= 15 is 0 Å². The van der Waals surface area contributed by atoms with Crippen LogP contribution in [-0.4, -0.2) is 21.7 Å². The van der Waals surface area contributed by atoms with Gasteiger partial charge in [0.25, 0.3) is 0 Å². The molecule has 6 nitrogen and oxygen atoms in total. The SMILES string of the molecule is Nc1ncccc1-c1cc(Cc2ccc(OCCc3ccccc3)nc2)no1. The lowest BCUT2D eigenvalue weighted by Crippen LogP contribution is -2.02. The molecule has 0 atom stereocenters. The van der Waals surface area contributed by atoms with Crippen LogP contribution in [0, 0.1) is 0 Å². The lowest BCUT2D eigenvalue weighted by molar-refractivity contribution is 0.309. The van der Waals surface area contributed by atoms with Crippen LogP contribution < -0.4 is 10.5 Å². The van der Waals surface area contributed by atoms with Gasteiger partial charge in [0.1, 0.15) is 5.82 Å². The maximum atomic E-state index is 5.89. The van der Waals surface area contributed by atoms with Gasteiger partial charge in [0.2, 0.25) is 5.88 Å². The van der Waals surface area contributed by atoms with Crippen LogP contribution >= 0.6 is 0 Å². The zero-order valence-corrected chi connectivity index (χ0v) is 15.3. The number of hydrogen-bond acceptors (Lipinski definition) is 6. The Morgan fingerprint density at radius 3 is 2.61 bits per heavy atom. The normalized spacial score (nSPS) is 10.7. The van der Waals surface area contributed by atoms with Crippen molar-refractivity contribution in [2.45, 2.75) is 12.8 Å². The largest absolute Gasteiger partial charge is 0.477 e. The third kappa shape index (κ3) is 4.35. The van der Waals surface area contributed by atoms with Crippen LogP contribution in [0.15, 0.2) is 77.6 Å². The van der Waals surface area contributed by atoms with E-state index in [9.17, 15) is 0 Å². The maximum Gasteiger partial charge on any atom is 0.213 e. The van der Waals surface area contributed by atoms with Gasteiger partial charge in [0.05, 0.1) is 17.9 Å². The minimum Gasteiger partial charge on any atom is -0.477 e. The highest BCUT2D eigenvalue weighted by atomic mass is 16.5. The average Bonchev–Trinajstić information content (AvgIpc) is 3.19. The summed E-state index contributed by atoms with van der Waals surface area (Å²) in [5, 5.41) is 4.12. The lowest BCUT2D eigenvalue weighted by atomic mass is 10.1. The number of nitrogen functional groups attached to an aromatic ring is 1. The number of pyridine rings is 2. The van der Waals surface area contributed by atoms with Crippen LogP contribution in [0.1, 0.15) is 16.8 Å². The number of ether oxygens (including phenoxy) is 1. The standard InChI is InChI=1S/C22H20N4O2/c23-22-19(7-4-11-24-22)20-14-18(26-28-20)13-17-8-9-21(25-15-17)27-12-10-16-5-2-1-3-6-16/h1-9,11,14-15H,10,12-13H2,(H2,23,24). The zero-order chi connectivity index (χ0) is 19.2. The Balaban J connectivity index is 1.34. The highest BCUT2D eigenvalue weighted by Gasteiger charge is 2.11. The molecule has 0 aliphatic heterocycles. The summed E-state index contributed by atoms with van der Waals surface area (Å²) in [6.45, 7) is 0.593. The molecule has 6 heteroatoms. The molecule has 0 radical (unpaired) electrons. The minimum absolute atomic E-state index is 0.420. The molecule has 4 aromatic rings. The van der Waals surface area contributed by atoms with Crippen molar-refractivity contribution < 1.29 is 9.26 Å². The van der Waals surface area contributed by atoms with E-state index in [0.717, 1.165) is 23.2 Å². The quantitative estimate of drug-likeness (QED) is 0.529. The first kappa shape index (κ1) is 17.7. The van der Waals surface area contributed by atoms with E-state index < -0.39 is 0 Å². The van der Waals surface area contributed by atoms with E-state index in [4.69, 9.17) is 15.0 Å². The van der Waals surface area contributed by atoms with Gasteiger partial charge >= 0.3 is 0 Å². The van der Waals surface area contributed by atoms with Crippen LogP contribution in [-0.2, 0) is 12.8 Å². The topological polar surface area (TPSA) is 87.1 Å². The summed E-state index contributed by atoms with van der Waals surface area (Å²) in [6, 6.07) is 19.6. The van der Waals surface area contributed by atoms with Crippen molar-refractivity contribution >= 4 is 5.82 Å². The molecule has 0 spiro atoms. The first-order valence-electron chi connectivity index (χ1n) is 9.06. The summed E-state index contributed by atoms with van der Waals surface area (Å²) in [7, 11) is 0. The molecule has 0 saturated heterocycles. The van der Waals surface area contributed by atoms with Gasteiger partial charge in [-0.15, -0.1) is 0 Å². The number of anilines is 1. The van der Waals surface area contributed by atoms with Gasteiger partial charge in [0, 0.05) is 37.4 Å². The van der Waals surface area contributed by atoms with Crippen molar-refractivity contribution in [2.75, 3.05) is 12.3 Å². The first-order chi connectivity index (χ1) is 13.8. The van der Waals surface area contributed by atoms with Crippen molar-refractivity contribution in [3.8, 4) is 17.2 Å². The van der Waals surface area contributed by atoms with Gasteiger partial charge in [-0.05, 0) is 23.3 Å². The second kappa shape index (κ2) is 8.35. The van der Waals surface area contributed by atoms with Gasteiger partial charge in [-0.25, -0.2) is 9.97 Å². The highest BCUT2D eigenvalue weighted by molar-refractivity contribution is 5.69. The molecular formula is C22H20N4O2. The lowest BCUT2D eigenvalue weighted by Gasteiger charge is -2.06. The monoisotopic (exact) mass is 372 g/mol. The number of rotatable bonds is 7. The van der Waals surface area contributed by atoms with E-state index in [2.05, 4.69) is 27.3 Å². The molecule has 3 aromatic heterocycles. The van der Waals surface area contributed by atoms with E-state index in [0.29, 0.717) is 30.5 Å². The number of aromatic nitrogens is 3.